The Morgan fingerprint density at radius 2 is 1.86 bits per heavy atom. The molecule has 0 fully saturated rings. The highest BCUT2D eigenvalue weighted by Gasteiger charge is 2.11. The van der Waals surface area contributed by atoms with E-state index in [2.05, 4.69) is 22.0 Å². The minimum Gasteiger partial charge on any atom is -0.493 e. The van der Waals surface area contributed by atoms with Gasteiger partial charge >= 0.3 is 0 Å². The lowest BCUT2D eigenvalue weighted by Gasteiger charge is -2.16. The number of methoxy groups -OCH3 is 1. The number of rotatable bonds is 7. The molecule has 112 valence electrons. The minimum absolute atomic E-state index is 0.374. The SMILES string of the molecule is COc1ccccc1OCCC(CBr)c1cccc(Cl)c1. The molecular formula is C17H18BrClO2. The number of alkyl halides is 1. The van der Waals surface area contributed by atoms with Gasteiger partial charge in [0, 0.05) is 10.4 Å². The average molecular weight is 370 g/mol. The zero-order valence-corrected chi connectivity index (χ0v) is 14.2. The van der Waals surface area contributed by atoms with Crippen LogP contribution in [0.2, 0.25) is 5.02 Å². The molecule has 0 saturated heterocycles. The standard InChI is InChI=1S/C17H18BrClO2/c1-20-16-7-2-3-8-17(16)21-10-9-14(12-18)13-5-4-6-15(19)11-13/h2-8,11,14H,9-10,12H2,1H3. The summed E-state index contributed by atoms with van der Waals surface area (Å²) in [7, 11) is 1.65. The molecule has 0 aliphatic carbocycles. The van der Waals surface area contributed by atoms with Crippen LogP contribution in [0.4, 0.5) is 0 Å². The highest BCUT2D eigenvalue weighted by atomic mass is 79.9. The van der Waals surface area contributed by atoms with E-state index in [4.69, 9.17) is 21.1 Å². The van der Waals surface area contributed by atoms with Crippen LogP contribution in [0.1, 0.15) is 17.9 Å². The first kappa shape index (κ1) is 16.2. The van der Waals surface area contributed by atoms with Gasteiger partial charge in [-0.25, -0.2) is 0 Å². The van der Waals surface area contributed by atoms with Crippen LogP contribution in [0, 0.1) is 0 Å². The molecule has 4 heteroatoms. The number of para-hydroxylation sites is 2. The van der Waals surface area contributed by atoms with Gasteiger partial charge in [0.15, 0.2) is 11.5 Å². The van der Waals surface area contributed by atoms with Gasteiger partial charge in [0.2, 0.25) is 0 Å². The molecule has 0 aromatic heterocycles. The Morgan fingerprint density at radius 3 is 2.52 bits per heavy atom. The van der Waals surface area contributed by atoms with E-state index in [1.165, 1.54) is 5.56 Å². The van der Waals surface area contributed by atoms with E-state index in [9.17, 15) is 0 Å². The Balaban J connectivity index is 1.95. The van der Waals surface area contributed by atoms with Crippen molar-refractivity contribution in [2.45, 2.75) is 12.3 Å². The van der Waals surface area contributed by atoms with Crippen LogP contribution < -0.4 is 9.47 Å². The summed E-state index contributed by atoms with van der Waals surface area (Å²) in [4.78, 5) is 0. The van der Waals surface area contributed by atoms with Gasteiger partial charge in [-0.1, -0.05) is 51.8 Å². The zero-order valence-electron chi connectivity index (χ0n) is 11.9. The van der Waals surface area contributed by atoms with Crippen LogP contribution in [0.5, 0.6) is 11.5 Å². The Morgan fingerprint density at radius 1 is 1.10 bits per heavy atom. The number of hydrogen-bond acceptors (Lipinski definition) is 2. The van der Waals surface area contributed by atoms with Gasteiger partial charge in [0.1, 0.15) is 0 Å². The molecule has 1 atom stereocenters. The van der Waals surface area contributed by atoms with Crippen LogP contribution in [0.3, 0.4) is 0 Å². The molecule has 0 amide bonds. The van der Waals surface area contributed by atoms with Crippen molar-refractivity contribution < 1.29 is 9.47 Å². The molecule has 0 aliphatic heterocycles. The fraction of sp³-hybridized carbons (Fsp3) is 0.294. The van der Waals surface area contributed by atoms with Gasteiger partial charge in [0.05, 0.1) is 13.7 Å². The van der Waals surface area contributed by atoms with Crippen molar-refractivity contribution in [1.82, 2.24) is 0 Å². The molecule has 0 heterocycles. The first-order valence-corrected chi connectivity index (χ1v) is 8.31. The lowest BCUT2D eigenvalue weighted by molar-refractivity contribution is 0.282. The second-order valence-electron chi connectivity index (χ2n) is 4.69. The number of ether oxygens (including phenoxy) is 2. The topological polar surface area (TPSA) is 18.5 Å². The van der Waals surface area contributed by atoms with Gasteiger partial charge in [-0.2, -0.15) is 0 Å². The molecule has 2 aromatic carbocycles. The maximum absolute atomic E-state index is 6.05. The summed E-state index contributed by atoms with van der Waals surface area (Å²) in [5.74, 6) is 1.91. The highest BCUT2D eigenvalue weighted by Crippen LogP contribution is 2.28. The van der Waals surface area contributed by atoms with E-state index in [1.54, 1.807) is 7.11 Å². The lowest BCUT2D eigenvalue weighted by Crippen LogP contribution is -2.07. The largest absolute Gasteiger partial charge is 0.493 e. The van der Waals surface area contributed by atoms with Gasteiger partial charge in [-0.15, -0.1) is 0 Å². The van der Waals surface area contributed by atoms with Crippen molar-refractivity contribution in [1.29, 1.82) is 0 Å². The van der Waals surface area contributed by atoms with Gasteiger partial charge in [-0.3, -0.25) is 0 Å². The second kappa shape index (κ2) is 8.30. The molecule has 0 saturated carbocycles. The molecule has 0 radical (unpaired) electrons. The fourth-order valence-electron chi connectivity index (χ4n) is 2.14. The summed E-state index contributed by atoms with van der Waals surface area (Å²) >= 11 is 9.62. The molecule has 2 nitrogen and oxygen atoms in total. The summed E-state index contributed by atoms with van der Waals surface area (Å²) in [6, 6.07) is 15.7. The number of halogens is 2. The summed E-state index contributed by atoms with van der Waals surface area (Å²) < 4.78 is 11.1. The first-order chi connectivity index (χ1) is 10.2. The average Bonchev–Trinajstić information content (AvgIpc) is 2.52. The van der Waals surface area contributed by atoms with E-state index in [0.29, 0.717) is 12.5 Å². The maximum Gasteiger partial charge on any atom is 0.161 e. The van der Waals surface area contributed by atoms with Gasteiger partial charge in [0.25, 0.3) is 0 Å². The van der Waals surface area contributed by atoms with E-state index in [1.807, 2.05) is 42.5 Å². The highest BCUT2D eigenvalue weighted by molar-refractivity contribution is 9.09. The Labute approximate surface area is 139 Å². The number of hydrogen-bond donors (Lipinski definition) is 0. The van der Waals surface area contributed by atoms with Crippen molar-refractivity contribution >= 4 is 27.5 Å². The third-order valence-electron chi connectivity index (χ3n) is 3.30. The maximum atomic E-state index is 6.05. The molecule has 0 aliphatic rings. The molecule has 1 unspecified atom stereocenters. The van der Waals surface area contributed by atoms with Crippen molar-refractivity contribution in [2.75, 3.05) is 19.0 Å². The van der Waals surface area contributed by atoms with Crippen molar-refractivity contribution in [3.05, 3.63) is 59.1 Å². The smallest absolute Gasteiger partial charge is 0.161 e. The first-order valence-electron chi connectivity index (χ1n) is 6.82. The summed E-state index contributed by atoms with van der Waals surface area (Å²) in [5.41, 5.74) is 1.23. The van der Waals surface area contributed by atoms with E-state index in [0.717, 1.165) is 28.3 Å². The molecule has 2 rings (SSSR count). The Hall–Kier alpha value is -1.19. The molecule has 0 spiro atoms. The van der Waals surface area contributed by atoms with E-state index in [-0.39, 0.29) is 0 Å². The summed E-state index contributed by atoms with van der Waals surface area (Å²) in [6.45, 7) is 0.628. The third-order valence-corrected chi connectivity index (χ3v) is 4.32. The van der Waals surface area contributed by atoms with Gasteiger partial charge < -0.3 is 9.47 Å². The van der Waals surface area contributed by atoms with E-state index < -0.39 is 0 Å². The second-order valence-corrected chi connectivity index (χ2v) is 5.78. The molecular weight excluding hydrogens is 352 g/mol. The van der Waals surface area contributed by atoms with Gasteiger partial charge in [-0.05, 0) is 42.2 Å². The van der Waals surface area contributed by atoms with Crippen LogP contribution in [-0.2, 0) is 0 Å². The monoisotopic (exact) mass is 368 g/mol. The third kappa shape index (κ3) is 4.65. The quantitative estimate of drug-likeness (QED) is 0.617. The van der Waals surface area contributed by atoms with Crippen LogP contribution in [0.15, 0.2) is 48.5 Å². The van der Waals surface area contributed by atoms with Crippen molar-refractivity contribution in [2.24, 2.45) is 0 Å². The normalized spacial score (nSPS) is 12.0. The summed E-state index contributed by atoms with van der Waals surface area (Å²) in [6.07, 6.45) is 0.906. The van der Waals surface area contributed by atoms with Crippen LogP contribution in [-0.4, -0.2) is 19.0 Å². The Bertz CT molecular complexity index is 574. The van der Waals surface area contributed by atoms with Crippen molar-refractivity contribution in [3.63, 3.8) is 0 Å². The van der Waals surface area contributed by atoms with Crippen molar-refractivity contribution in [3.8, 4) is 11.5 Å². The molecule has 21 heavy (non-hydrogen) atoms. The minimum atomic E-state index is 0.374. The van der Waals surface area contributed by atoms with E-state index >= 15 is 0 Å². The Kier molecular flexibility index (Phi) is 6.40. The number of benzene rings is 2. The lowest BCUT2D eigenvalue weighted by atomic mass is 9.98. The molecule has 0 bridgehead atoms. The van der Waals surface area contributed by atoms with Crippen LogP contribution in [0.25, 0.3) is 0 Å². The summed E-state index contributed by atoms with van der Waals surface area (Å²) in [5, 5.41) is 1.65. The molecule has 2 aromatic rings. The predicted molar refractivity (Wildman–Crippen MR) is 91.1 cm³/mol. The molecule has 0 N–H and O–H groups in total. The van der Waals surface area contributed by atoms with Crippen LogP contribution >= 0.6 is 27.5 Å². The predicted octanol–water partition coefficient (Wildman–Crippen LogP) is 5.30. The fourth-order valence-corrected chi connectivity index (χ4v) is 3.04. The zero-order chi connectivity index (χ0) is 15.1.